The summed E-state index contributed by atoms with van der Waals surface area (Å²) in [6.45, 7) is 0. The van der Waals surface area contributed by atoms with Gasteiger partial charge in [-0.1, -0.05) is 6.07 Å². The van der Waals surface area contributed by atoms with E-state index >= 15 is 0 Å². The lowest BCUT2D eigenvalue weighted by atomic mass is 10.3. The maximum absolute atomic E-state index is 12.4. The van der Waals surface area contributed by atoms with Gasteiger partial charge in [-0.25, -0.2) is 10.1 Å². The fourth-order valence-corrected chi connectivity index (χ4v) is 1.09. The Bertz CT molecular complexity index is 552. The molecular weight excluding hydrogens is 253 g/mol. The largest absolute Gasteiger partial charge is 0.433 e. The molecule has 0 spiro atoms. The second kappa shape index (κ2) is 4.39. The molecule has 94 valence electrons. The van der Waals surface area contributed by atoms with Gasteiger partial charge in [-0.05, 0) is 22.6 Å². The molecule has 0 bridgehead atoms. The number of nitrogens with zero attached hydrogens (tertiary/aromatic N) is 4. The highest BCUT2D eigenvalue weighted by Gasteiger charge is 2.32. The molecule has 2 heterocycles. The Kier molecular flexibility index (Phi) is 2.92. The van der Waals surface area contributed by atoms with Crippen LogP contribution in [-0.4, -0.2) is 31.5 Å². The third kappa shape index (κ3) is 2.59. The zero-order chi connectivity index (χ0) is 13.2. The van der Waals surface area contributed by atoms with Crippen LogP contribution in [0.3, 0.4) is 0 Å². The second-order valence-corrected chi connectivity index (χ2v) is 3.11. The third-order valence-electron chi connectivity index (χ3n) is 1.84. The molecule has 1 amide bonds. The van der Waals surface area contributed by atoms with Crippen LogP contribution in [0.15, 0.2) is 18.2 Å². The van der Waals surface area contributed by atoms with Gasteiger partial charge in [0.15, 0.2) is 0 Å². The minimum Gasteiger partial charge on any atom is -0.304 e. The maximum Gasteiger partial charge on any atom is 0.433 e. The Labute approximate surface area is 97.4 Å². The molecule has 0 aliphatic rings. The number of nitrogens with one attached hydrogen (secondary N) is 2. The molecule has 2 N–H and O–H groups in total. The summed E-state index contributed by atoms with van der Waals surface area (Å²) < 4.78 is 37.1. The second-order valence-electron chi connectivity index (χ2n) is 3.11. The molecule has 0 unspecified atom stereocenters. The Morgan fingerprint density at radius 1 is 1.33 bits per heavy atom. The summed E-state index contributed by atoms with van der Waals surface area (Å²) in [6, 6.07) is 3.15. The first-order valence-electron chi connectivity index (χ1n) is 4.56. The van der Waals surface area contributed by atoms with Crippen LogP contribution in [0.4, 0.5) is 19.0 Å². The molecular formula is C8H5F3N6O. The number of carbonyl (C=O) groups is 1. The van der Waals surface area contributed by atoms with Crippen molar-refractivity contribution in [3.63, 3.8) is 0 Å². The molecule has 2 rings (SSSR count). The van der Waals surface area contributed by atoms with Crippen LogP contribution in [0, 0.1) is 0 Å². The summed E-state index contributed by atoms with van der Waals surface area (Å²) in [4.78, 5) is 14.7. The molecule has 7 nitrogen and oxygen atoms in total. The molecule has 2 aromatic heterocycles. The molecule has 10 heteroatoms. The van der Waals surface area contributed by atoms with E-state index in [1.807, 2.05) is 0 Å². The van der Waals surface area contributed by atoms with E-state index in [1.165, 1.54) is 6.07 Å². The number of aromatic amines is 1. The number of hydrogen-bond acceptors (Lipinski definition) is 5. The van der Waals surface area contributed by atoms with Crippen molar-refractivity contribution in [1.29, 1.82) is 0 Å². The number of pyridine rings is 1. The molecule has 0 atom stereocenters. The molecule has 0 saturated heterocycles. The molecule has 2 aromatic rings. The van der Waals surface area contributed by atoms with Gasteiger partial charge in [0.1, 0.15) is 11.5 Å². The Morgan fingerprint density at radius 2 is 2.11 bits per heavy atom. The topological polar surface area (TPSA) is 96.5 Å². The lowest BCUT2D eigenvalue weighted by molar-refractivity contribution is -0.141. The summed E-state index contributed by atoms with van der Waals surface area (Å²) in [6.07, 6.45) is -4.57. The van der Waals surface area contributed by atoms with Crippen molar-refractivity contribution in [1.82, 2.24) is 25.6 Å². The van der Waals surface area contributed by atoms with Gasteiger partial charge >= 0.3 is 6.18 Å². The van der Waals surface area contributed by atoms with Crippen LogP contribution < -0.4 is 5.32 Å². The highest BCUT2D eigenvalue weighted by Crippen LogP contribution is 2.28. The van der Waals surface area contributed by atoms with Crippen LogP contribution in [0.5, 0.6) is 0 Å². The van der Waals surface area contributed by atoms with E-state index < -0.39 is 17.8 Å². The number of halogens is 3. The average molecular weight is 258 g/mol. The van der Waals surface area contributed by atoms with Crippen LogP contribution in [0.2, 0.25) is 0 Å². The van der Waals surface area contributed by atoms with E-state index in [-0.39, 0.29) is 11.6 Å². The molecule has 0 aromatic carbocycles. The van der Waals surface area contributed by atoms with E-state index in [2.05, 4.69) is 30.9 Å². The van der Waals surface area contributed by atoms with Crippen LogP contribution in [0.25, 0.3) is 0 Å². The van der Waals surface area contributed by atoms with E-state index in [4.69, 9.17) is 0 Å². The zero-order valence-corrected chi connectivity index (χ0v) is 8.56. The van der Waals surface area contributed by atoms with Crippen molar-refractivity contribution < 1.29 is 18.0 Å². The van der Waals surface area contributed by atoms with Gasteiger partial charge in [-0.3, -0.25) is 4.79 Å². The van der Waals surface area contributed by atoms with Crippen molar-refractivity contribution in [2.75, 3.05) is 5.32 Å². The average Bonchev–Trinajstić information content (AvgIpc) is 2.81. The normalized spacial score (nSPS) is 11.3. The monoisotopic (exact) mass is 258 g/mol. The molecule has 0 radical (unpaired) electrons. The van der Waals surface area contributed by atoms with Gasteiger partial charge in [-0.15, -0.1) is 5.10 Å². The minimum atomic E-state index is -4.57. The van der Waals surface area contributed by atoms with Crippen molar-refractivity contribution in [3.05, 3.63) is 29.7 Å². The number of anilines is 1. The lowest BCUT2D eigenvalue weighted by Gasteiger charge is -2.07. The summed E-state index contributed by atoms with van der Waals surface area (Å²) >= 11 is 0. The lowest BCUT2D eigenvalue weighted by Crippen LogP contribution is -2.16. The predicted octanol–water partition coefficient (Wildman–Crippen LogP) is 0.866. The first-order chi connectivity index (χ1) is 8.47. The summed E-state index contributed by atoms with van der Waals surface area (Å²) in [7, 11) is 0. The highest BCUT2D eigenvalue weighted by atomic mass is 19.4. The molecule has 0 aliphatic carbocycles. The molecule has 0 fully saturated rings. The minimum absolute atomic E-state index is 0.228. The van der Waals surface area contributed by atoms with E-state index in [9.17, 15) is 18.0 Å². The fraction of sp³-hybridized carbons (Fsp3) is 0.125. The summed E-state index contributed by atoms with van der Waals surface area (Å²) in [5, 5.41) is 13.9. The van der Waals surface area contributed by atoms with Gasteiger partial charge in [0.25, 0.3) is 5.91 Å². The quantitative estimate of drug-likeness (QED) is 0.832. The van der Waals surface area contributed by atoms with E-state index in [0.29, 0.717) is 0 Å². The van der Waals surface area contributed by atoms with Gasteiger partial charge in [0, 0.05) is 0 Å². The van der Waals surface area contributed by atoms with Gasteiger partial charge in [0.2, 0.25) is 5.82 Å². The number of hydrogen-bond donors (Lipinski definition) is 2. The number of carbonyl (C=O) groups excluding carboxylic acids is 1. The molecule has 0 aliphatic heterocycles. The van der Waals surface area contributed by atoms with Crippen molar-refractivity contribution in [3.8, 4) is 0 Å². The Morgan fingerprint density at radius 3 is 2.72 bits per heavy atom. The van der Waals surface area contributed by atoms with Crippen LogP contribution >= 0.6 is 0 Å². The summed E-state index contributed by atoms with van der Waals surface area (Å²) in [5.41, 5.74) is -1.10. The number of amides is 1. The SMILES string of the molecule is O=C(Nc1cccc(C(F)(F)F)n1)c1nnn[nH]1. The first-order valence-corrected chi connectivity index (χ1v) is 4.56. The smallest absolute Gasteiger partial charge is 0.304 e. The highest BCUT2D eigenvalue weighted by molar-refractivity contribution is 6.00. The Balaban J connectivity index is 2.18. The van der Waals surface area contributed by atoms with Crippen LogP contribution in [-0.2, 0) is 6.18 Å². The maximum atomic E-state index is 12.4. The number of tetrazole rings is 1. The third-order valence-corrected chi connectivity index (χ3v) is 1.84. The Hall–Kier alpha value is -2.52. The van der Waals surface area contributed by atoms with E-state index in [0.717, 1.165) is 12.1 Å². The zero-order valence-electron chi connectivity index (χ0n) is 8.56. The fourth-order valence-electron chi connectivity index (χ4n) is 1.09. The van der Waals surface area contributed by atoms with Crippen molar-refractivity contribution in [2.24, 2.45) is 0 Å². The number of alkyl halides is 3. The summed E-state index contributed by atoms with van der Waals surface area (Å²) in [5.74, 6) is -1.26. The van der Waals surface area contributed by atoms with Gasteiger partial charge in [0.05, 0.1) is 0 Å². The van der Waals surface area contributed by atoms with Crippen LogP contribution in [0.1, 0.15) is 16.3 Å². The first kappa shape index (κ1) is 12.0. The predicted molar refractivity (Wildman–Crippen MR) is 51.4 cm³/mol. The van der Waals surface area contributed by atoms with Gasteiger partial charge < -0.3 is 5.32 Å². The van der Waals surface area contributed by atoms with Gasteiger partial charge in [-0.2, -0.15) is 13.2 Å². The molecule has 18 heavy (non-hydrogen) atoms. The number of rotatable bonds is 2. The van der Waals surface area contributed by atoms with E-state index in [1.54, 1.807) is 0 Å². The number of H-pyrrole nitrogens is 1. The molecule has 0 saturated carbocycles. The van der Waals surface area contributed by atoms with Crippen molar-refractivity contribution >= 4 is 11.7 Å². The number of aromatic nitrogens is 5. The van der Waals surface area contributed by atoms with Crippen molar-refractivity contribution in [2.45, 2.75) is 6.18 Å². The standard InChI is InChI=1S/C8H5F3N6O/c9-8(10,11)4-2-1-3-5(12-4)13-7(18)6-14-16-17-15-6/h1-3H,(H,12,13,18)(H,14,15,16,17).